The molecule has 0 saturated carbocycles. The number of alkyl halides is 5. The van der Waals surface area contributed by atoms with Crippen LogP contribution in [0.3, 0.4) is 0 Å². The third-order valence-corrected chi connectivity index (χ3v) is 6.98. The quantitative estimate of drug-likeness (QED) is 0.149. The van der Waals surface area contributed by atoms with Crippen LogP contribution in [0.15, 0.2) is 73.3 Å². The van der Waals surface area contributed by atoms with E-state index in [1.54, 1.807) is 30.3 Å². The number of nitrogens with one attached hydrogen (secondary N) is 4. The van der Waals surface area contributed by atoms with Crippen LogP contribution >= 0.6 is 11.6 Å². The van der Waals surface area contributed by atoms with Crippen LogP contribution < -0.4 is 21.3 Å². The molecule has 4 N–H and O–H groups in total. The molecule has 0 saturated heterocycles. The Bertz CT molecular complexity index is 1610. The van der Waals surface area contributed by atoms with Crippen molar-refractivity contribution in [3.8, 4) is 0 Å². The Morgan fingerprint density at radius 3 is 2.06 bits per heavy atom. The molecule has 1 aromatic heterocycles. The van der Waals surface area contributed by atoms with Gasteiger partial charge in [0.05, 0.1) is 11.6 Å². The van der Waals surface area contributed by atoms with Crippen molar-refractivity contribution in [1.29, 1.82) is 0 Å². The zero-order valence-corrected chi connectivity index (χ0v) is 26.1. The molecular formula is C31H30ClF5N6O5. The predicted octanol–water partition coefficient (Wildman–Crippen LogP) is 3.35. The predicted molar refractivity (Wildman–Crippen MR) is 162 cm³/mol. The van der Waals surface area contributed by atoms with E-state index in [2.05, 4.69) is 25.9 Å². The summed E-state index contributed by atoms with van der Waals surface area (Å²) >= 11 is 6.09. The first kappa shape index (κ1) is 37.5. The SMILES string of the molecule is CC(C)[C@H](NC(=O)C(NC(=O)C(Cc1cccc(Cl)c1)NC(=O)c1cncnc1)c1ccccc1)C(=O)C(F)(F)C(=O)NCC(F)(F)F. The zero-order valence-electron chi connectivity index (χ0n) is 25.4. The summed E-state index contributed by atoms with van der Waals surface area (Å²) in [6.45, 7) is 0.401. The number of hydrogen-bond acceptors (Lipinski definition) is 7. The molecule has 17 heteroatoms. The van der Waals surface area contributed by atoms with E-state index in [-0.39, 0.29) is 17.5 Å². The molecule has 0 bridgehead atoms. The molecule has 0 aliphatic carbocycles. The van der Waals surface area contributed by atoms with Crippen LogP contribution in [0.4, 0.5) is 22.0 Å². The van der Waals surface area contributed by atoms with Crippen LogP contribution in [-0.4, -0.2) is 70.1 Å². The maximum atomic E-state index is 14.8. The molecule has 48 heavy (non-hydrogen) atoms. The zero-order chi connectivity index (χ0) is 35.6. The maximum Gasteiger partial charge on any atom is 0.405 e. The molecule has 2 aromatic carbocycles. The highest BCUT2D eigenvalue weighted by molar-refractivity contribution is 6.30. The van der Waals surface area contributed by atoms with E-state index >= 15 is 0 Å². The molecule has 0 aliphatic rings. The summed E-state index contributed by atoms with van der Waals surface area (Å²) < 4.78 is 67.1. The summed E-state index contributed by atoms with van der Waals surface area (Å²) in [6.07, 6.45) is -1.55. The van der Waals surface area contributed by atoms with Crippen molar-refractivity contribution in [2.24, 2.45) is 5.92 Å². The van der Waals surface area contributed by atoms with Gasteiger partial charge in [0.1, 0.15) is 25.0 Å². The Labute approximate surface area is 276 Å². The van der Waals surface area contributed by atoms with Gasteiger partial charge < -0.3 is 21.3 Å². The normalized spacial score (nSPS) is 13.5. The molecule has 0 radical (unpaired) electrons. The van der Waals surface area contributed by atoms with Gasteiger partial charge in [0.15, 0.2) is 0 Å². The van der Waals surface area contributed by atoms with E-state index in [1.165, 1.54) is 56.8 Å². The van der Waals surface area contributed by atoms with Crippen molar-refractivity contribution in [3.63, 3.8) is 0 Å². The Hall–Kier alpha value is -4.99. The fraction of sp³-hybridized carbons (Fsp3) is 0.323. The van der Waals surface area contributed by atoms with Gasteiger partial charge in [-0.3, -0.25) is 24.0 Å². The van der Waals surface area contributed by atoms with Gasteiger partial charge in [-0.05, 0) is 29.2 Å². The monoisotopic (exact) mass is 696 g/mol. The molecule has 4 amide bonds. The molecule has 2 unspecified atom stereocenters. The second kappa shape index (κ2) is 16.2. The number of halogens is 6. The number of carbonyl (C=O) groups is 5. The molecule has 3 rings (SSSR count). The largest absolute Gasteiger partial charge is 0.405 e. The summed E-state index contributed by atoms with van der Waals surface area (Å²) in [5.41, 5.74) is 0.666. The average molecular weight is 697 g/mol. The molecule has 3 aromatic rings. The van der Waals surface area contributed by atoms with Gasteiger partial charge in [0.2, 0.25) is 17.6 Å². The van der Waals surface area contributed by atoms with E-state index in [0.29, 0.717) is 10.6 Å². The number of Topliss-reactive ketones (excluding diaryl/α,β-unsaturated/α-hetero) is 1. The lowest BCUT2D eigenvalue weighted by Crippen LogP contribution is -2.58. The van der Waals surface area contributed by atoms with Crippen LogP contribution in [0.5, 0.6) is 0 Å². The number of carbonyl (C=O) groups excluding carboxylic acids is 5. The van der Waals surface area contributed by atoms with Crippen LogP contribution in [0.1, 0.15) is 41.4 Å². The van der Waals surface area contributed by atoms with Gasteiger partial charge in [-0.1, -0.05) is 67.9 Å². The highest BCUT2D eigenvalue weighted by atomic mass is 35.5. The maximum absolute atomic E-state index is 14.8. The summed E-state index contributed by atoms with van der Waals surface area (Å²) in [6, 6.07) is 8.76. The van der Waals surface area contributed by atoms with Crippen molar-refractivity contribution < 1.29 is 45.9 Å². The lowest BCUT2D eigenvalue weighted by atomic mass is 9.94. The standard InChI is InChI=1S/C31H30ClF5N6O5/c1-17(2)23(25(44)31(36,37)29(48)40-15-30(33,34)35)42-28(47)24(19-8-4-3-5-9-19)43-27(46)22(12-18-7-6-10-21(32)11-18)41-26(45)20-13-38-16-39-14-20/h3-11,13-14,16-17,22-24H,12,15H2,1-2H3,(H,40,48)(H,41,45)(H,42,47)(H,43,46)/t22?,23-,24?/m0/s1. The number of ketones is 1. The van der Waals surface area contributed by atoms with E-state index in [1.807, 2.05) is 0 Å². The topological polar surface area (TPSA) is 159 Å². The fourth-order valence-electron chi connectivity index (χ4n) is 4.33. The van der Waals surface area contributed by atoms with Crippen molar-refractivity contribution in [1.82, 2.24) is 31.2 Å². The fourth-order valence-corrected chi connectivity index (χ4v) is 4.54. The second-order valence-corrected chi connectivity index (χ2v) is 11.2. The summed E-state index contributed by atoms with van der Waals surface area (Å²) in [5, 5.41) is 8.44. The minimum absolute atomic E-state index is 0.0113. The number of rotatable bonds is 14. The molecule has 3 atom stereocenters. The molecule has 11 nitrogen and oxygen atoms in total. The van der Waals surface area contributed by atoms with Gasteiger partial charge >= 0.3 is 12.1 Å². The Balaban J connectivity index is 1.90. The first-order chi connectivity index (χ1) is 22.5. The second-order valence-electron chi connectivity index (χ2n) is 10.8. The molecule has 0 aliphatic heterocycles. The molecular weight excluding hydrogens is 667 g/mol. The average Bonchev–Trinajstić information content (AvgIpc) is 3.04. The summed E-state index contributed by atoms with van der Waals surface area (Å²) in [7, 11) is 0. The minimum Gasteiger partial charge on any atom is -0.344 e. The molecule has 0 fully saturated rings. The molecule has 256 valence electrons. The van der Waals surface area contributed by atoms with Crippen LogP contribution in [0.2, 0.25) is 5.02 Å². The first-order valence-corrected chi connectivity index (χ1v) is 14.6. The number of nitrogens with zero attached hydrogens (tertiary/aromatic N) is 2. The van der Waals surface area contributed by atoms with E-state index in [0.717, 1.165) is 5.32 Å². The van der Waals surface area contributed by atoms with E-state index in [9.17, 15) is 45.9 Å². The number of benzene rings is 2. The number of amides is 4. The van der Waals surface area contributed by atoms with Crippen LogP contribution in [-0.2, 0) is 25.6 Å². The highest BCUT2D eigenvalue weighted by Crippen LogP contribution is 2.23. The Morgan fingerprint density at radius 1 is 0.833 bits per heavy atom. The van der Waals surface area contributed by atoms with Crippen molar-refractivity contribution >= 4 is 41.0 Å². The van der Waals surface area contributed by atoms with Gasteiger partial charge in [0, 0.05) is 23.8 Å². The summed E-state index contributed by atoms with van der Waals surface area (Å²) in [4.78, 5) is 72.6. The lowest BCUT2D eigenvalue weighted by Gasteiger charge is -2.28. The Morgan fingerprint density at radius 2 is 1.48 bits per heavy atom. The van der Waals surface area contributed by atoms with Crippen molar-refractivity contribution in [2.45, 2.75) is 50.5 Å². The van der Waals surface area contributed by atoms with Crippen molar-refractivity contribution in [3.05, 3.63) is 95.0 Å². The third kappa shape index (κ3) is 10.5. The minimum atomic E-state index is -5.03. The van der Waals surface area contributed by atoms with Gasteiger partial charge in [0.25, 0.3) is 11.8 Å². The van der Waals surface area contributed by atoms with E-state index < -0.39 is 72.1 Å². The first-order valence-electron chi connectivity index (χ1n) is 14.2. The smallest absolute Gasteiger partial charge is 0.344 e. The van der Waals surface area contributed by atoms with E-state index in [4.69, 9.17) is 11.6 Å². The van der Waals surface area contributed by atoms with Gasteiger partial charge in [-0.25, -0.2) is 9.97 Å². The Kier molecular flexibility index (Phi) is 12.7. The van der Waals surface area contributed by atoms with Crippen LogP contribution in [0.25, 0.3) is 0 Å². The number of hydrogen-bond donors (Lipinski definition) is 4. The highest BCUT2D eigenvalue weighted by Gasteiger charge is 2.52. The molecule has 1 heterocycles. The number of aromatic nitrogens is 2. The lowest BCUT2D eigenvalue weighted by molar-refractivity contribution is -0.165. The summed E-state index contributed by atoms with van der Waals surface area (Å²) in [5.74, 6) is -13.5. The van der Waals surface area contributed by atoms with Crippen molar-refractivity contribution in [2.75, 3.05) is 6.54 Å². The molecule has 0 spiro atoms. The van der Waals surface area contributed by atoms with Gasteiger partial charge in [-0.15, -0.1) is 0 Å². The van der Waals surface area contributed by atoms with Crippen LogP contribution in [0, 0.1) is 5.92 Å². The van der Waals surface area contributed by atoms with Gasteiger partial charge in [-0.2, -0.15) is 22.0 Å². The third-order valence-electron chi connectivity index (χ3n) is 6.75.